The van der Waals surface area contributed by atoms with Gasteiger partial charge in [-0.15, -0.1) is 0 Å². The number of aryl methyl sites for hydroxylation is 1. The standard InChI is InChI=1S/C22H29N3O2/c1-16-14-21(17(2)25(16)19-6-8-20(27-3)9-7-19)22(26)24-12-10-23(11-13-24)15-18-4-5-18/h6-9,14,18H,4-5,10-13,15H2,1-3H3. The normalized spacial score (nSPS) is 18.0. The van der Waals surface area contributed by atoms with E-state index < -0.39 is 0 Å². The molecule has 1 aliphatic carbocycles. The minimum Gasteiger partial charge on any atom is -0.497 e. The van der Waals surface area contributed by atoms with Gasteiger partial charge in [-0.05, 0) is 62.9 Å². The maximum absolute atomic E-state index is 13.1. The van der Waals surface area contributed by atoms with Gasteiger partial charge in [0.2, 0.25) is 0 Å². The van der Waals surface area contributed by atoms with Crippen LogP contribution in [0.15, 0.2) is 30.3 Å². The summed E-state index contributed by atoms with van der Waals surface area (Å²) in [5.41, 5.74) is 3.95. The molecule has 0 N–H and O–H groups in total. The number of aromatic nitrogens is 1. The molecule has 2 fully saturated rings. The van der Waals surface area contributed by atoms with E-state index in [9.17, 15) is 4.79 Å². The number of hydrogen-bond donors (Lipinski definition) is 0. The Kier molecular flexibility index (Phi) is 4.96. The second-order valence-corrected chi connectivity index (χ2v) is 7.85. The lowest BCUT2D eigenvalue weighted by Crippen LogP contribution is -2.49. The van der Waals surface area contributed by atoms with Crippen molar-refractivity contribution in [2.45, 2.75) is 26.7 Å². The van der Waals surface area contributed by atoms with Gasteiger partial charge >= 0.3 is 0 Å². The molecule has 5 nitrogen and oxygen atoms in total. The molecular weight excluding hydrogens is 338 g/mol. The van der Waals surface area contributed by atoms with E-state index in [1.54, 1.807) is 7.11 Å². The first-order valence-electron chi connectivity index (χ1n) is 9.92. The number of hydrogen-bond acceptors (Lipinski definition) is 3. The lowest BCUT2D eigenvalue weighted by Gasteiger charge is -2.34. The van der Waals surface area contributed by atoms with E-state index in [4.69, 9.17) is 4.74 Å². The Morgan fingerprint density at radius 2 is 1.74 bits per heavy atom. The molecule has 1 aromatic carbocycles. The molecule has 5 heteroatoms. The van der Waals surface area contributed by atoms with Crippen LogP contribution in [0.5, 0.6) is 5.75 Å². The van der Waals surface area contributed by atoms with Crippen LogP contribution in [0, 0.1) is 19.8 Å². The summed E-state index contributed by atoms with van der Waals surface area (Å²) < 4.78 is 7.40. The maximum atomic E-state index is 13.1. The first kappa shape index (κ1) is 18.1. The zero-order valence-corrected chi connectivity index (χ0v) is 16.6. The van der Waals surface area contributed by atoms with Crippen molar-refractivity contribution < 1.29 is 9.53 Å². The van der Waals surface area contributed by atoms with E-state index in [1.165, 1.54) is 19.4 Å². The number of carbonyl (C=O) groups is 1. The van der Waals surface area contributed by atoms with Crippen molar-refractivity contribution in [2.75, 3.05) is 39.8 Å². The molecule has 4 rings (SSSR count). The predicted molar refractivity (Wildman–Crippen MR) is 107 cm³/mol. The van der Waals surface area contributed by atoms with Crippen molar-refractivity contribution >= 4 is 5.91 Å². The zero-order chi connectivity index (χ0) is 19.0. The van der Waals surface area contributed by atoms with Gasteiger partial charge in [0.1, 0.15) is 5.75 Å². The van der Waals surface area contributed by atoms with E-state index in [-0.39, 0.29) is 5.91 Å². The van der Waals surface area contributed by atoms with E-state index in [2.05, 4.69) is 16.4 Å². The second-order valence-electron chi connectivity index (χ2n) is 7.85. The Bertz CT molecular complexity index is 813. The van der Waals surface area contributed by atoms with Gasteiger partial charge in [0.15, 0.2) is 0 Å². The molecular formula is C22H29N3O2. The molecule has 144 valence electrons. The molecule has 2 heterocycles. The Morgan fingerprint density at radius 1 is 1.07 bits per heavy atom. The van der Waals surface area contributed by atoms with E-state index in [1.807, 2.05) is 42.2 Å². The third kappa shape index (κ3) is 3.74. The first-order chi connectivity index (χ1) is 13.1. The third-order valence-corrected chi connectivity index (χ3v) is 5.86. The molecule has 1 aliphatic heterocycles. The summed E-state index contributed by atoms with van der Waals surface area (Å²) >= 11 is 0. The summed E-state index contributed by atoms with van der Waals surface area (Å²) in [6.45, 7) is 8.97. The van der Waals surface area contributed by atoms with Crippen LogP contribution in [0.3, 0.4) is 0 Å². The Balaban J connectivity index is 1.49. The van der Waals surface area contributed by atoms with Gasteiger partial charge in [-0.3, -0.25) is 9.69 Å². The van der Waals surface area contributed by atoms with Gasteiger partial charge in [0.25, 0.3) is 5.91 Å². The molecule has 0 atom stereocenters. The lowest BCUT2D eigenvalue weighted by molar-refractivity contribution is 0.0631. The van der Waals surface area contributed by atoms with Crippen molar-refractivity contribution in [3.63, 3.8) is 0 Å². The molecule has 1 saturated carbocycles. The fraction of sp³-hybridized carbons (Fsp3) is 0.500. The van der Waals surface area contributed by atoms with Crippen molar-refractivity contribution in [1.29, 1.82) is 0 Å². The molecule has 0 bridgehead atoms. The number of amides is 1. The molecule has 2 aromatic rings. The zero-order valence-electron chi connectivity index (χ0n) is 16.6. The van der Waals surface area contributed by atoms with Crippen LogP contribution in [0.4, 0.5) is 0 Å². The number of carbonyl (C=O) groups excluding carboxylic acids is 1. The highest BCUT2D eigenvalue weighted by Crippen LogP contribution is 2.30. The topological polar surface area (TPSA) is 37.7 Å². The predicted octanol–water partition coefficient (Wildman–Crippen LogP) is 3.27. The van der Waals surface area contributed by atoms with Crippen molar-refractivity contribution in [1.82, 2.24) is 14.4 Å². The first-order valence-corrected chi connectivity index (χ1v) is 9.92. The van der Waals surface area contributed by atoms with Crippen LogP contribution in [-0.2, 0) is 0 Å². The molecule has 1 amide bonds. The van der Waals surface area contributed by atoms with E-state index in [0.717, 1.165) is 60.5 Å². The molecule has 2 aliphatic rings. The van der Waals surface area contributed by atoms with Crippen LogP contribution in [0.1, 0.15) is 34.6 Å². The molecule has 0 unspecified atom stereocenters. The van der Waals surface area contributed by atoms with Crippen LogP contribution in [0.25, 0.3) is 5.69 Å². The fourth-order valence-corrected chi connectivity index (χ4v) is 4.08. The van der Waals surface area contributed by atoms with Crippen LogP contribution < -0.4 is 4.74 Å². The average molecular weight is 367 g/mol. The molecule has 1 aromatic heterocycles. The smallest absolute Gasteiger partial charge is 0.255 e. The highest BCUT2D eigenvalue weighted by atomic mass is 16.5. The second kappa shape index (κ2) is 7.39. The van der Waals surface area contributed by atoms with Crippen LogP contribution in [0.2, 0.25) is 0 Å². The van der Waals surface area contributed by atoms with Gasteiger partial charge in [-0.25, -0.2) is 0 Å². The summed E-state index contributed by atoms with van der Waals surface area (Å²) in [5, 5.41) is 0. The quantitative estimate of drug-likeness (QED) is 0.814. The summed E-state index contributed by atoms with van der Waals surface area (Å²) in [6.07, 6.45) is 2.77. The average Bonchev–Trinajstić information content (AvgIpc) is 3.45. The molecule has 27 heavy (non-hydrogen) atoms. The number of nitrogens with zero attached hydrogens (tertiary/aromatic N) is 3. The van der Waals surface area contributed by atoms with Crippen LogP contribution in [-0.4, -0.2) is 60.1 Å². The Hall–Kier alpha value is -2.27. The van der Waals surface area contributed by atoms with Gasteiger partial charge in [-0.2, -0.15) is 0 Å². The highest BCUT2D eigenvalue weighted by Gasteiger charge is 2.29. The lowest BCUT2D eigenvalue weighted by atomic mass is 10.2. The number of piperazine rings is 1. The number of benzene rings is 1. The number of ether oxygens (including phenoxy) is 1. The van der Waals surface area contributed by atoms with Gasteiger partial charge in [-0.1, -0.05) is 0 Å². The van der Waals surface area contributed by atoms with Crippen LogP contribution >= 0.6 is 0 Å². The minimum absolute atomic E-state index is 0.161. The van der Waals surface area contributed by atoms with Crippen molar-refractivity contribution in [3.8, 4) is 11.4 Å². The largest absolute Gasteiger partial charge is 0.497 e. The summed E-state index contributed by atoms with van der Waals surface area (Å²) in [7, 11) is 1.67. The summed E-state index contributed by atoms with van der Waals surface area (Å²) in [5.74, 6) is 1.91. The summed E-state index contributed by atoms with van der Waals surface area (Å²) in [6, 6.07) is 10.00. The number of methoxy groups -OCH3 is 1. The van der Waals surface area contributed by atoms with Gasteiger partial charge in [0.05, 0.1) is 12.7 Å². The maximum Gasteiger partial charge on any atom is 0.255 e. The monoisotopic (exact) mass is 367 g/mol. The third-order valence-electron chi connectivity index (χ3n) is 5.86. The van der Waals surface area contributed by atoms with E-state index in [0.29, 0.717) is 0 Å². The molecule has 1 saturated heterocycles. The SMILES string of the molecule is COc1ccc(-n2c(C)cc(C(=O)N3CCN(CC4CC4)CC3)c2C)cc1. The Labute approximate surface area is 161 Å². The van der Waals surface area contributed by atoms with E-state index >= 15 is 0 Å². The van der Waals surface area contributed by atoms with Gasteiger partial charge in [0, 0.05) is 49.8 Å². The highest BCUT2D eigenvalue weighted by molar-refractivity contribution is 5.96. The summed E-state index contributed by atoms with van der Waals surface area (Å²) in [4.78, 5) is 17.7. The Morgan fingerprint density at radius 3 is 2.33 bits per heavy atom. The van der Waals surface area contributed by atoms with Crippen molar-refractivity contribution in [3.05, 3.63) is 47.3 Å². The van der Waals surface area contributed by atoms with Gasteiger partial charge < -0.3 is 14.2 Å². The van der Waals surface area contributed by atoms with Crippen molar-refractivity contribution in [2.24, 2.45) is 5.92 Å². The molecule has 0 spiro atoms. The minimum atomic E-state index is 0.161. The number of rotatable bonds is 5. The molecule has 0 radical (unpaired) electrons. The fourth-order valence-electron chi connectivity index (χ4n) is 4.08.